The summed E-state index contributed by atoms with van der Waals surface area (Å²) in [6.07, 6.45) is 7.21. The largest absolute Gasteiger partial charge is 0.507 e. The van der Waals surface area contributed by atoms with Crippen molar-refractivity contribution < 1.29 is 9.90 Å². The summed E-state index contributed by atoms with van der Waals surface area (Å²) < 4.78 is 0. The highest BCUT2D eigenvalue weighted by Crippen LogP contribution is 2.29. The number of phenolic OH excluding ortho intramolecular Hbond substituents is 1. The van der Waals surface area contributed by atoms with Crippen molar-refractivity contribution >= 4 is 29.2 Å². The van der Waals surface area contributed by atoms with Gasteiger partial charge >= 0.3 is 0 Å². The monoisotopic (exact) mass is 321 g/mol. The van der Waals surface area contributed by atoms with Crippen LogP contribution in [0.2, 0.25) is 0 Å². The molecule has 3 N–H and O–H groups in total. The second-order valence-electron chi connectivity index (χ2n) is 5.64. The van der Waals surface area contributed by atoms with Gasteiger partial charge in [-0.15, -0.1) is 0 Å². The predicted octanol–water partition coefficient (Wildman–Crippen LogP) is 2.11. The summed E-state index contributed by atoms with van der Waals surface area (Å²) in [5, 5.41) is 17.5. The zero-order valence-corrected chi connectivity index (χ0v) is 12.8. The molecule has 1 aliphatic heterocycles. The molecule has 2 aliphatic rings. The Kier molecular flexibility index (Phi) is 3.45. The summed E-state index contributed by atoms with van der Waals surface area (Å²) in [5.74, 6) is 0.737. The lowest BCUT2D eigenvalue weighted by molar-refractivity contribution is -0.121. The van der Waals surface area contributed by atoms with Gasteiger partial charge in [0.1, 0.15) is 17.9 Å². The molecule has 0 fully saturated rings. The van der Waals surface area contributed by atoms with Gasteiger partial charge in [0.15, 0.2) is 0 Å². The SMILES string of the molecule is O=C1CCC(c2ccc(Nc3ncnc4c3CC=C4)cc2O)=NN1. The van der Waals surface area contributed by atoms with E-state index in [0.717, 1.165) is 29.2 Å². The van der Waals surface area contributed by atoms with Crippen LogP contribution in [0, 0.1) is 0 Å². The number of fused-ring (bicyclic) bond motifs is 1. The molecule has 2 heterocycles. The van der Waals surface area contributed by atoms with Crippen LogP contribution in [0.3, 0.4) is 0 Å². The van der Waals surface area contributed by atoms with Crippen molar-refractivity contribution in [1.82, 2.24) is 15.4 Å². The molecule has 120 valence electrons. The number of hydrogen-bond donors (Lipinski definition) is 3. The third-order valence-corrected chi connectivity index (χ3v) is 4.05. The number of rotatable bonds is 3. The smallest absolute Gasteiger partial charge is 0.240 e. The van der Waals surface area contributed by atoms with Crippen molar-refractivity contribution in [2.24, 2.45) is 5.10 Å². The van der Waals surface area contributed by atoms with Gasteiger partial charge in [0, 0.05) is 35.7 Å². The summed E-state index contributed by atoms with van der Waals surface area (Å²) in [4.78, 5) is 19.7. The Morgan fingerprint density at radius 2 is 2.12 bits per heavy atom. The summed E-state index contributed by atoms with van der Waals surface area (Å²) >= 11 is 0. The van der Waals surface area contributed by atoms with Gasteiger partial charge in [0.2, 0.25) is 5.91 Å². The molecule has 1 aromatic heterocycles. The van der Waals surface area contributed by atoms with Crippen molar-refractivity contribution in [3.63, 3.8) is 0 Å². The van der Waals surface area contributed by atoms with E-state index in [-0.39, 0.29) is 11.7 Å². The molecule has 0 radical (unpaired) electrons. The maximum absolute atomic E-state index is 11.2. The molecule has 2 aromatic rings. The maximum Gasteiger partial charge on any atom is 0.240 e. The van der Waals surface area contributed by atoms with E-state index < -0.39 is 0 Å². The number of nitrogens with one attached hydrogen (secondary N) is 2. The number of carbonyl (C=O) groups excluding carboxylic acids is 1. The van der Waals surface area contributed by atoms with Crippen LogP contribution in [0.5, 0.6) is 5.75 Å². The number of aromatic nitrogens is 2. The lowest BCUT2D eigenvalue weighted by Gasteiger charge is -2.15. The molecule has 1 aromatic carbocycles. The number of nitrogens with zero attached hydrogens (tertiary/aromatic N) is 3. The van der Waals surface area contributed by atoms with Gasteiger partial charge in [-0.3, -0.25) is 4.79 Å². The third kappa shape index (κ3) is 2.60. The van der Waals surface area contributed by atoms with Crippen molar-refractivity contribution in [3.05, 3.63) is 47.4 Å². The van der Waals surface area contributed by atoms with Crippen LogP contribution in [0.15, 0.2) is 35.7 Å². The lowest BCUT2D eigenvalue weighted by Crippen LogP contribution is -2.25. The number of aromatic hydroxyl groups is 1. The number of amides is 1. The fraction of sp³-hybridized carbons (Fsp3) is 0.176. The van der Waals surface area contributed by atoms with E-state index in [2.05, 4.69) is 25.8 Å². The standard InChI is InChI=1S/C17H15N5O2/c23-15-8-10(4-5-11(15)14-6-7-16(24)22-21-14)20-17-12-2-1-3-13(12)18-9-19-17/h1,3-5,8-9,23H,2,6-7H2,(H,22,24)(H,18,19,20). The average molecular weight is 321 g/mol. The molecule has 0 saturated heterocycles. The quantitative estimate of drug-likeness (QED) is 0.804. The third-order valence-electron chi connectivity index (χ3n) is 4.05. The molecule has 1 amide bonds. The fourth-order valence-electron chi connectivity index (χ4n) is 2.83. The van der Waals surface area contributed by atoms with Gasteiger partial charge in [-0.25, -0.2) is 15.4 Å². The molecule has 7 nitrogen and oxygen atoms in total. The molecule has 7 heteroatoms. The van der Waals surface area contributed by atoms with Crippen LogP contribution in [-0.4, -0.2) is 26.7 Å². The van der Waals surface area contributed by atoms with Gasteiger partial charge in [0.25, 0.3) is 0 Å². The van der Waals surface area contributed by atoms with Crippen LogP contribution in [0.25, 0.3) is 6.08 Å². The minimum absolute atomic E-state index is 0.109. The summed E-state index contributed by atoms with van der Waals surface area (Å²) in [6, 6.07) is 5.27. The van der Waals surface area contributed by atoms with Crippen molar-refractivity contribution in [2.75, 3.05) is 5.32 Å². The molecule has 0 unspecified atom stereocenters. The highest BCUT2D eigenvalue weighted by Gasteiger charge is 2.17. The van der Waals surface area contributed by atoms with Gasteiger partial charge in [-0.1, -0.05) is 6.08 Å². The predicted molar refractivity (Wildman–Crippen MR) is 90.1 cm³/mol. The van der Waals surface area contributed by atoms with Crippen LogP contribution in [0.4, 0.5) is 11.5 Å². The Bertz CT molecular complexity index is 889. The number of anilines is 2. The first-order chi connectivity index (χ1) is 11.7. The van der Waals surface area contributed by atoms with Crippen LogP contribution in [-0.2, 0) is 11.2 Å². The maximum atomic E-state index is 11.2. The van der Waals surface area contributed by atoms with Crippen LogP contribution >= 0.6 is 0 Å². The highest BCUT2D eigenvalue weighted by atomic mass is 16.3. The van der Waals surface area contributed by atoms with E-state index >= 15 is 0 Å². The highest BCUT2D eigenvalue weighted by molar-refractivity contribution is 6.06. The van der Waals surface area contributed by atoms with Gasteiger partial charge in [-0.2, -0.15) is 5.10 Å². The van der Waals surface area contributed by atoms with E-state index in [9.17, 15) is 9.90 Å². The zero-order chi connectivity index (χ0) is 16.5. The summed E-state index contributed by atoms with van der Waals surface area (Å²) in [6.45, 7) is 0. The first-order valence-corrected chi connectivity index (χ1v) is 7.67. The number of phenols is 1. The number of benzene rings is 1. The summed E-state index contributed by atoms with van der Waals surface area (Å²) in [5.41, 5.74) is 6.42. The minimum atomic E-state index is -0.109. The van der Waals surface area contributed by atoms with Gasteiger partial charge in [-0.05, 0) is 24.6 Å². The normalized spacial score (nSPS) is 15.7. The Hall–Kier alpha value is -3.22. The van der Waals surface area contributed by atoms with E-state index in [4.69, 9.17) is 0 Å². The lowest BCUT2D eigenvalue weighted by atomic mass is 10.0. The number of carbonyl (C=O) groups is 1. The second-order valence-corrected chi connectivity index (χ2v) is 5.64. The van der Waals surface area contributed by atoms with Crippen molar-refractivity contribution in [3.8, 4) is 5.75 Å². The van der Waals surface area contributed by atoms with Gasteiger partial charge in [0.05, 0.1) is 11.4 Å². The Morgan fingerprint density at radius 1 is 1.21 bits per heavy atom. The first-order valence-electron chi connectivity index (χ1n) is 7.67. The molecular weight excluding hydrogens is 306 g/mol. The zero-order valence-electron chi connectivity index (χ0n) is 12.8. The Morgan fingerprint density at radius 3 is 2.92 bits per heavy atom. The molecule has 0 saturated carbocycles. The van der Waals surface area contributed by atoms with Crippen LogP contribution in [0.1, 0.15) is 29.7 Å². The van der Waals surface area contributed by atoms with E-state index in [1.807, 2.05) is 18.2 Å². The fourth-order valence-corrected chi connectivity index (χ4v) is 2.83. The second kappa shape index (κ2) is 5.77. The van der Waals surface area contributed by atoms with E-state index in [1.165, 1.54) is 6.33 Å². The first kappa shape index (κ1) is 14.4. The summed E-state index contributed by atoms with van der Waals surface area (Å²) in [7, 11) is 0. The van der Waals surface area contributed by atoms with Gasteiger partial charge < -0.3 is 10.4 Å². The minimum Gasteiger partial charge on any atom is -0.507 e. The molecule has 1 aliphatic carbocycles. The molecule has 0 bridgehead atoms. The van der Waals surface area contributed by atoms with Crippen LogP contribution < -0.4 is 10.7 Å². The average Bonchev–Trinajstić information content (AvgIpc) is 3.06. The topological polar surface area (TPSA) is 99.5 Å². The molecule has 4 rings (SSSR count). The molecular formula is C17H15N5O2. The number of allylic oxidation sites excluding steroid dienone is 1. The van der Waals surface area contributed by atoms with E-state index in [0.29, 0.717) is 24.1 Å². The number of hydrogen-bond acceptors (Lipinski definition) is 6. The Balaban J connectivity index is 1.59. The molecule has 0 atom stereocenters. The van der Waals surface area contributed by atoms with E-state index in [1.54, 1.807) is 12.1 Å². The molecule has 24 heavy (non-hydrogen) atoms. The number of hydrazone groups is 1. The molecule has 0 spiro atoms. The Labute approximate surface area is 138 Å². The van der Waals surface area contributed by atoms with Crippen molar-refractivity contribution in [2.45, 2.75) is 19.3 Å². The van der Waals surface area contributed by atoms with Crippen molar-refractivity contribution in [1.29, 1.82) is 0 Å².